The van der Waals surface area contributed by atoms with Crippen LogP contribution in [0.25, 0.3) is 0 Å². The molecule has 0 bridgehead atoms. The average molecular weight is 307 g/mol. The summed E-state index contributed by atoms with van der Waals surface area (Å²) in [6.45, 7) is 6.04. The molecule has 1 fully saturated rings. The van der Waals surface area contributed by atoms with Gasteiger partial charge in [-0.15, -0.1) is 0 Å². The van der Waals surface area contributed by atoms with Gasteiger partial charge in [-0.3, -0.25) is 4.90 Å². The zero-order chi connectivity index (χ0) is 15.4. The van der Waals surface area contributed by atoms with Crippen molar-refractivity contribution in [2.24, 2.45) is 0 Å². The number of aliphatic hydroxyl groups excluding tert-OH is 1. The summed E-state index contributed by atoms with van der Waals surface area (Å²) in [6.07, 6.45) is 4.80. The molecule has 1 saturated heterocycles. The van der Waals surface area contributed by atoms with Gasteiger partial charge in [0.2, 0.25) is 0 Å². The fourth-order valence-electron chi connectivity index (χ4n) is 3.07. The molecule has 3 rings (SSSR count). The number of ether oxygens (including phenoxy) is 2. The summed E-state index contributed by atoms with van der Waals surface area (Å²) in [5, 5.41) is 10.1. The molecule has 22 heavy (non-hydrogen) atoms. The second-order valence-corrected chi connectivity index (χ2v) is 6.20. The molecular weight excluding hydrogens is 282 g/mol. The smallest absolute Gasteiger partial charge is 0.125 e. The van der Waals surface area contributed by atoms with Crippen LogP contribution in [0.3, 0.4) is 0 Å². The molecule has 122 valence electrons. The van der Waals surface area contributed by atoms with Gasteiger partial charge in [0.05, 0.1) is 31.1 Å². The van der Waals surface area contributed by atoms with Gasteiger partial charge in [0, 0.05) is 32.4 Å². The van der Waals surface area contributed by atoms with E-state index in [2.05, 4.69) is 14.9 Å². The summed E-state index contributed by atoms with van der Waals surface area (Å²) in [5.74, 6) is 0.807. The molecule has 2 aliphatic rings. The van der Waals surface area contributed by atoms with E-state index in [-0.39, 0.29) is 6.10 Å². The van der Waals surface area contributed by atoms with Crippen molar-refractivity contribution in [1.82, 2.24) is 14.9 Å². The standard InChI is InChI=1S/C16H25N3O3/c1-12-17-7-13-4-5-19(9-16(13)18-12)8-14(20)10-21-11-15-3-2-6-22-15/h7,14-15,20H,2-6,8-11H2,1H3/t14-,15+/m1/s1. The van der Waals surface area contributed by atoms with Crippen molar-refractivity contribution in [2.45, 2.75) is 44.9 Å². The Labute approximate surface area is 131 Å². The fourth-order valence-corrected chi connectivity index (χ4v) is 3.07. The van der Waals surface area contributed by atoms with Crippen LogP contribution in [0.2, 0.25) is 0 Å². The Morgan fingerprint density at radius 3 is 3.27 bits per heavy atom. The van der Waals surface area contributed by atoms with Crippen molar-refractivity contribution < 1.29 is 14.6 Å². The molecule has 0 aliphatic carbocycles. The van der Waals surface area contributed by atoms with Crippen molar-refractivity contribution in [1.29, 1.82) is 0 Å². The number of rotatable bonds is 6. The van der Waals surface area contributed by atoms with Gasteiger partial charge >= 0.3 is 0 Å². The van der Waals surface area contributed by atoms with Crippen molar-refractivity contribution in [2.75, 3.05) is 32.9 Å². The number of fused-ring (bicyclic) bond motifs is 1. The van der Waals surface area contributed by atoms with Gasteiger partial charge in [-0.25, -0.2) is 9.97 Å². The van der Waals surface area contributed by atoms with Crippen LogP contribution in [0, 0.1) is 6.92 Å². The highest BCUT2D eigenvalue weighted by Crippen LogP contribution is 2.16. The first-order chi connectivity index (χ1) is 10.7. The van der Waals surface area contributed by atoms with Crippen LogP contribution in [0.5, 0.6) is 0 Å². The van der Waals surface area contributed by atoms with E-state index in [1.807, 2.05) is 13.1 Å². The second-order valence-electron chi connectivity index (χ2n) is 6.20. The van der Waals surface area contributed by atoms with Gasteiger partial charge < -0.3 is 14.6 Å². The van der Waals surface area contributed by atoms with Crippen molar-refractivity contribution in [3.8, 4) is 0 Å². The zero-order valence-electron chi connectivity index (χ0n) is 13.2. The van der Waals surface area contributed by atoms with E-state index in [4.69, 9.17) is 9.47 Å². The first-order valence-corrected chi connectivity index (χ1v) is 8.12. The van der Waals surface area contributed by atoms with Gasteiger partial charge in [0.15, 0.2) is 0 Å². The molecule has 2 atom stereocenters. The third-order valence-electron chi connectivity index (χ3n) is 4.25. The van der Waals surface area contributed by atoms with Crippen LogP contribution < -0.4 is 0 Å². The highest BCUT2D eigenvalue weighted by molar-refractivity contribution is 5.20. The Kier molecular flexibility index (Phi) is 5.36. The van der Waals surface area contributed by atoms with E-state index >= 15 is 0 Å². The Morgan fingerprint density at radius 1 is 1.55 bits per heavy atom. The Balaban J connectivity index is 1.41. The van der Waals surface area contributed by atoms with Crippen LogP contribution in [-0.4, -0.2) is 65.1 Å². The first kappa shape index (κ1) is 15.8. The van der Waals surface area contributed by atoms with Gasteiger partial charge in [-0.1, -0.05) is 0 Å². The Morgan fingerprint density at radius 2 is 2.45 bits per heavy atom. The van der Waals surface area contributed by atoms with Crippen LogP contribution in [-0.2, 0) is 22.4 Å². The molecule has 1 aromatic rings. The average Bonchev–Trinajstić information content (AvgIpc) is 3.00. The van der Waals surface area contributed by atoms with Crippen molar-refractivity contribution >= 4 is 0 Å². The minimum Gasteiger partial charge on any atom is -0.389 e. The lowest BCUT2D eigenvalue weighted by Gasteiger charge is -2.29. The number of aliphatic hydroxyl groups is 1. The molecule has 0 radical (unpaired) electrons. The lowest BCUT2D eigenvalue weighted by Crippen LogP contribution is -2.39. The number of aryl methyl sites for hydroxylation is 1. The highest BCUT2D eigenvalue weighted by Gasteiger charge is 2.21. The molecule has 3 heterocycles. The molecule has 1 N–H and O–H groups in total. The lowest BCUT2D eigenvalue weighted by molar-refractivity contribution is -0.0262. The number of nitrogens with zero attached hydrogens (tertiary/aromatic N) is 3. The predicted molar refractivity (Wildman–Crippen MR) is 81.5 cm³/mol. The molecule has 6 nitrogen and oxygen atoms in total. The van der Waals surface area contributed by atoms with Crippen LogP contribution in [0.1, 0.15) is 29.9 Å². The minimum atomic E-state index is -0.467. The monoisotopic (exact) mass is 307 g/mol. The summed E-state index contributed by atoms with van der Waals surface area (Å²) in [6, 6.07) is 0. The van der Waals surface area contributed by atoms with Crippen LogP contribution >= 0.6 is 0 Å². The van der Waals surface area contributed by atoms with E-state index in [9.17, 15) is 5.11 Å². The maximum Gasteiger partial charge on any atom is 0.125 e. The van der Waals surface area contributed by atoms with Gasteiger partial charge in [-0.05, 0) is 31.7 Å². The van der Waals surface area contributed by atoms with Crippen LogP contribution in [0.15, 0.2) is 6.20 Å². The first-order valence-electron chi connectivity index (χ1n) is 8.12. The van der Waals surface area contributed by atoms with E-state index in [0.717, 1.165) is 50.5 Å². The number of β-amino-alcohol motifs (C(OH)–C–C–N with tert-alkyl or cyclic N) is 1. The third kappa shape index (κ3) is 4.23. The molecule has 0 spiro atoms. The number of hydrogen-bond acceptors (Lipinski definition) is 6. The quantitative estimate of drug-likeness (QED) is 0.834. The molecule has 1 aromatic heterocycles. The zero-order valence-corrected chi connectivity index (χ0v) is 13.2. The largest absolute Gasteiger partial charge is 0.389 e. The maximum absolute atomic E-state index is 10.1. The van der Waals surface area contributed by atoms with Crippen molar-refractivity contribution in [3.63, 3.8) is 0 Å². The minimum absolute atomic E-state index is 0.216. The number of hydrogen-bond donors (Lipinski definition) is 1. The summed E-state index contributed by atoms with van der Waals surface area (Å²) in [5.41, 5.74) is 2.32. The lowest BCUT2D eigenvalue weighted by atomic mass is 10.1. The maximum atomic E-state index is 10.1. The molecule has 6 heteroatoms. The van der Waals surface area contributed by atoms with Gasteiger partial charge in [-0.2, -0.15) is 0 Å². The molecule has 0 saturated carbocycles. The predicted octanol–water partition coefficient (Wildman–Crippen LogP) is 0.700. The summed E-state index contributed by atoms with van der Waals surface area (Å²) in [7, 11) is 0. The normalized spacial score (nSPS) is 23.5. The summed E-state index contributed by atoms with van der Waals surface area (Å²) in [4.78, 5) is 11.0. The Bertz CT molecular complexity index is 492. The second kappa shape index (κ2) is 7.46. The fraction of sp³-hybridized carbons (Fsp3) is 0.750. The van der Waals surface area contributed by atoms with E-state index in [1.165, 1.54) is 5.56 Å². The molecule has 0 unspecified atom stereocenters. The van der Waals surface area contributed by atoms with Gasteiger partial charge in [0.1, 0.15) is 5.82 Å². The Hall–Kier alpha value is -1.08. The molecule has 0 amide bonds. The highest BCUT2D eigenvalue weighted by atomic mass is 16.5. The van der Waals surface area contributed by atoms with Gasteiger partial charge in [0.25, 0.3) is 0 Å². The number of aromatic nitrogens is 2. The van der Waals surface area contributed by atoms with Crippen LogP contribution in [0.4, 0.5) is 0 Å². The molecular formula is C16H25N3O3. The third-order valence-corrected chi connectivity index (χ3v) is 4.25. The van der Waals surface area contributed by atoms with E-state index in [0.29, 0.717) is 19.8 Å². The molecule has 2 aliphatic heterocycles. The van der Waals surface area contributed by atoms with E-state index < -0.39 is 6.10 Å². The molecule has 0 aromatic carbocycles. The van der Waals surface area contributed by atoms with E-state index in [1.54, 1.807) is 0 Å². The van der Waals surface area contributed by atoms with Crippen molar-refractivity contribution in [3.05, 3.63) is 23.3 Å². The topological polar surface area (TPSA) is 67.7 Å². The summed E-state index contributed by atoms with van der Waals surface area (Å²) < 4.78 is 11.1. The summed E-state index contributed by atoms with van der Waals surface area (Å²) >= 11 is 0. The SMILES string of the molecule is Cc1ncc2c(n1)CN(C[C@@H](O)COC[C@@H]1CCCO1)CC2.